The summed E-state index contributed by atoms with van der Waals surface area (Å²) in [5, 5.41) is 8.67. The highest BCUT2D eigenvalue weighted by atomic mass is 32.1. The maximum Gasteiger partial charge on any atom is 0.261 e. The van der Waals surface area contributed by atoms with Crippen molar-refractivity contribution >= 4 is 17.2 Å². The summed E-state index contributed by atoms with van der Waals surface area (Å²) < 4.78 is 5.18. The molecule has 3 aromatic heterocycles. The first kappa shape index (κ1) is 14.4. The van der Waals surface area contributed by atoms with Crippen molar-refractivity contribution in [2.24, 2.45) is 0 Å². The highest BCUT2D eigenvalue weighted by Crippen LogP contribution is 2.15. The van der Waals surface area contributed by atoms with Gasteiger partial charge in [-0.3, -0.25) is 9.78 Å². The molecule has 3 rings (SSSR count). The summed E-state index contributed by atoms with van der Waals surface area (Å²) in [5.74, 6) is 0.921. The first-order chi connectivity index (χ1) is 10.7. The highest BCUT2D eigenvalue weighted by molar-refractivity contribution is 7.12. The molecule has 0 radical (unpaired) electrons. The largest absolute Gasteiger partial charge is 0.351 e. The van der Waals surface area contributed by atoms with Gasteiger partial charge >= 0.3 is 0 Å². The SMILES string of the molecule is Cc1ccsc1C(=O)NCCc1nc(-c2cccnc2)no1. The summed E-state index contributed by atoms with van der Waals surface area (Å²) in [6.45, 7) is 2.37. The van der Waals surface area contributed by atoms with Crippen LogP contribution >= 0.6 is 11.3 Å². The molecule has 0 saturated heterocycles. The average molecular weight is 314 g/mol. The summed E-state index contributed by atoms with van der Waals surface area (Å²) in [6, 6.07) is 5.61. The molecule has 0 bridgehead atoms. The Hall–Kier alpha value is -2.54. The van der Waals surface area contributed by atoms with E-state index in [2.05, 4.69) is 20.4 Å². The summed E-state index contributed by atoms with van der Waals surface area (Å²) >= 11 is 1.43. The van der Waals surface area contributed by atoms with Crippen LogP contribution in [0.5, 0.6) is 0 Å². The second-order valence-electron chi connectivity index (χ2n) is 4.69. The smallest absolute Gasteiger partial charge is 0.261 e. The first-order valence-corrected chi connectivity index (χ1v) is 7.67. The molecular weight excluding hydrogens is 300 g/mol. The average Bonchev–Trinajstić information content (AvgIpc) is 3.17. The van der Waals surface area contributed by atoms with E-state index < -0.39 is 0 Å². The second kappa shape index (κ2) is 6.48. The van der Waals surface area contributed by atoms with Crippen LogP contribution in [0.15, 0.2) is 40.5 Å². The van der Waals surface area contributed by atoms with Gasteiger partial charge in [0.1, 0.15) is 0 Å². The molecule has 0 aromatic carbocycles. The number of hydrogen-bond acceptors (Lipinski definition) is 6. The van der Waals surface area contributed by atoms with Crippen LogP contribution in [0.2, 0.25) is 0 Å². The number of carbonyl (C=O) groups excluding carboxylic acids is 1. The predicted octanol–water partition coefficient (Wildman–Crippen LogP) is 2.47. The fourth-order valence-corrected chi connectivity index (χ4v) is 2.78. The van der Waals surface area contributed by atoms with E-state index in [-0.39, 0.29) is 5.91 Å². The minimum Gasteiger partial charge on any atom is -0.351 e. The third kappa shape index (κ3) is 3.20. The van der Waals surface area contributed by atoms with Gasteiger partial charge in [0.2, 0.25) is 11.7 Å². The van der Waals surface area contributed by atoms with Crippen LogP contribution in [0.25, 0.3) is 11.4 Å². The number of aryl methyl sites for hydroxylation is 1. The molecule has 0 atom stereocenters. The zero-order chi connectivity index (χ0) is 15.4. The van der Waals surface area contributed by atoms with Crippen molar-refractivity contribution in [3.05, 3.63) is 52.3 Å². The molecule has 0 aliphatic heterocycles. The first-order valence-electron chi connectivity index (χ1n) is 6.79. The van der Waals surface area contributed by atoms with Crippen molar-refractivity contribution in [3.8, 4) is 11.4 Å². The van der Waals surface area contributed by atoms with Crippen molar-refractivity contribution in [2.45, 2.75) is 13.3 Å². The Labute approximate surface area is 131 Å². The van der Waals surface area contributed by atoms with Gasteiger partial charge in [-0.15, -0.1) is 11.3 Å². The molecule has 0 aliphatic carbocycles. The monoisotopic (exact) mass is 314 g/mol. The van der Waals surface area contributed by atoms with Crippen molar-refractivity contribution in [1.29, 1.82) is 0 Å². The molecule has 0 aliphatic rings. The summed E-state index contributed by atoms with van der Waals surface area (Å²) in [6.07, 6.45) is 3.85. The van der Waals surface area contributed by atoms with Gasteiger partial charge in [0.15, 0.2) is 0 Å². The Morgan fingerprint density at radius 1 is 1.41 bits per heavy atom. The van der Waals surface area contributed by atoms with E-state index in [1.807, 2.05) is 30.5 Å². The van der Waals surface area contributed by atoms with E-state index in [1.165, 1.54) is 11.3 Å². The Morgan fingerprint density at radius 2 is 2.32 bits per heavy atom. The highest BCUT2D eigenvalue weighted by Gasteiger charge is 2.11. The summed E-state index contributed by atoms with van der Waals surface area (Å²) in [4.78, 5) is 21.0. The normalized spacial score (nSPS) is 10.6. The van der Waals surface area contributed by atoms with Crippen LogP contribution in [0.4, 0.5) is 0 Å². The lowest BCUT2D eigenvalue weighted by Gasteiger charge is -2.01. The number of amides is 1. The molecule has 3 heterocycles. The minimum absolute atomic E-state index is 0.0699. The van der Waals surface area contributed by atoms with Gasteiger partial charge in [-0.25, -0.2) is 0 Å². The number of aromatic nitrogens is 3. The van der Waals surface area contributed by atoms with Crippen LogP contribution in [-0.4, -0.2) is 27.6 Å². The Balaban J connectivity index is 1.56. The molecule has 112 valence electrons. The zero-order valence-corrected chi connectivity index (χ0v) is 12.8. The lowest BCUT2D eigenvalue weighted by atomic mass is 10.3. The topological polar surface area (TPSA) is 80.9 Å². The van der Waals surface area contributed by atoms with Gasteiger partial charge in [0.25, 0.3) is 5.91 Å². The van der Waals surface area contributed by atoms with E-state index >= 15 is 0 Å². The number of nitrogens with zero attached hydrogens (tertiary/aromatic N) is 3. The Morgan fingerprint density at radius 3 is 3.05 bits per heavy atom. The maximum absolute atomic E-state index is 12.0. The van der Waals surface area contributed by atoms with Crippen molar-refractivity contribution in [3.63, 3.8) is 0 Å². The molecular formula is C15H14N4O2S. The number of hydrogen-bond donors (Lipinski definition) is 1. The number of thiophene rings is 1. The van der Waals surface area contributed by atoms with Crippen molar-refractivity contribution in [1.82, 2.24) is 20.4 Å². The summed E-state index contributed by atoms with van der Waals surface area (Å²) in [5.41, 5.74) is 1.79. The quantitative estimate of drug-likeness (QED) is 0.782. The van der Waals surface area contributed by atoms with E-state index in [4.69, 9.17) is 4.52 Å². The maximum atomic E-state index is 12.0. The molecule has 0 spiro atoms. The molecule has 0 unspecified atom stereocenters. The molecule has 1 N–H and O–H groups in total. The molecule has 22 heavy (non-hydrogen) atoms. The van der Waals surface area contributed by atoms with Gasteiger partial charge in [0.05, 0.1) is 4.88 Å². The fraction of sp³-hybridized carbons (Fsp3) is 0.200. The van der Waals surface area contributed by atoms with Gasteiger partial charge < -0.3 is 9.84 Å². The van der Waals surface area contributed by atoms with Gasteiger partial charge in [-0.1, -0.05) is 5.16 Å². The second-order valence-corrected chi connectivity index (χ2v) is 5.61. The fourth-order valence-electron chi connectivity index (χ4n) is 1.94. The zero-order valence-electron chi connectivity index (χ0n) is 11.9. The standard InChI is InChI=1S/C15H14N4O2S/c1-10-5-8-22-13(10)15(20)17-7-4-12-18-14(19-21-12)11-3-2-6-16-9-11/h2-3,5-6,8-9H,4,7H2,1H3,(H,17,20). The molecule has 1 amide bonds. The van der Waals surface area contributed by atoms with E-state index in [1.54, 1.807) is 12.4 Å². The van der Waals surface area contributed by atoms with Crippen LogP contribution in [0, 0.1) is 6.92 Å². The van der Waals surface area contributed by atoms with Gasteiger partial charge in [-0.2, -0.15) is 4.98 Å². The number of rotatable bonds is 5. The Bertz CT molecular complexity index is 767. The molecule has 3 aromatic rings. The molecule has 6 nitrogen and oxygen atoms in total. The number of carbonyl (C=O) groups is 1. The molecule has 0 saturated carbocycles. The van der Waals surface area contributed by atoms with Crippen LogP contribution < -0.4 is 5.32 Å². The lowest BCUT2D eigenvalue weighted by molar-refractivity contribution is 0.0957. The number of pyridine rings is 1. The van der Waals surface area contributed by atoms with E-state index in [0.29, 0.717) is 24.7 Å². The molecule has 7 heteroatoms. The minimum atomic E-state index is -0.0699. The summed E-state index contributed by atoms with van der Waals surface area (Å²) in [7, 11) is 0. The van der Waals surface area contributed by atoms with Crippen LogP contribution in [0.1, 0.15) is 21.1 Å². The van der Waals surface area contributed by atoms with Crippen molar-refractivity contribution in [2.75, 3.05) is 6.54 Å². The third-order valence-electron chi connectivity index (χ3n) is 3.08. The van der Waals surface area contributed by atoms with Gasteiger partial charge in [-0.05, 0) is 36.1 Å². The van der Waals surface area contributed by atoms with Crippen LogP contribution in [0.3, 0.4) is 0 Å². The third-order valence-corrected chi connectivity index (χ3v) is 4.10. The van der Waals surface area contributed by atoms with E-state index in [0.717, 1.165) is 16.0 Å². The predicted molar refractivity (Wildman–Crippen MR) is 82.6 cm³/mol. The van der Waals surface area contributed by atoms with Crippen LogP contribution in [-0.2, 0) is 6.42 Å². The van der Waals surface area contributed by atoms with Gasteiger partial charge in [0, 0.05) is 30.9 Å². The molecule has 0 fully saturated rings. The van der Waals surface area contributed by atoms with E-state index in [9.17, 15) is 4.79 Å². The lowest BCUT2D eigenvalue weighted by Crippen LogP contribution is -2.25. The number of nitrogens with one attached hydrogen (secondary N) is 1. The Kier molecular flexibility index (Phi) is 4.24. The van der Waals surface area contributed by atoms with Crippen molar-refractivity contribution < 1.29 is 9.32 Å².